The molecule has 5 nitrogen and oxygen atoms in total. The Morgan fingerprint density at radius 1 is 1.30 bits per heavy atom. The van der Waals surface area contributed by atoms with Gasteiger partial charge in [-0.05, 0) is 56.4 Å². The molecule has 0 spiro atoms. The second kappa shape index (κ2) is 7.44. The van der Waals surface area contributed by atoms with E-state index in [1.54, 1.807) is 31.2 Å². The van der Waals surface area contributed by atoms with E-state index in [1.807, 2.05) is 0 Å². The number of hydrogen-bond acceptors (Lipinski definition) is 5. The molecular weight excluding hydrogens is 384 g/mol. The van der Waals surface area contributed by atoms with E-state index in [2.05, 4.69) is 4.98 Å². The third-order valence-corrected chi connectivity index (χ3v) is 6.18. The van der Waals surface area contributed by atoms with Crippen molar-refractivity contribution < 1.29 is 9.53 Å². The second-order valence-corrected chi connectivity index (χ2v) is 8.04. The second-order valence-electron chi connectivity index (χ2n) is 6.52. The van der Waals surface area contributed by atoms with Crippen LogP contribution in [-0.2, 0) is 17.6 Å². The van der Waals surface area contributed by atoms with Gasteiger partial charge in [0, 0.05) is 9.90 Å². The van der Waals surface area contributed by atoms with Gasteiger partial charge in [-0.2, -0.15) is 0 Å². The lowest BCUT2D eigenvalue weighted by Gasteiger charge is -2.12. The number of rotatable bonds is 3. The average molecular weight is 403 g/mol. The molecule has 0 aliphatic heterocycles. The highest BCUT2D eigenvalue weighted by molar-refractivity contribution is 7.18. The highest BCUT2D eigenvalue weighted by Crippen LogP contribution is 2.33. The standard InChI is InChI=1S/C20H19ClN2O3S/c1-2-26-20(25)17-22-18-16(14-9-4-3-5-10-15(14)27-18)19(24)23(17)13-8-6-7-12(21)11-13/h6-8,11H,2-5,9-10H2,1H3. The molecule has 0 atom stereocenters. The van der Waals surface area contributed by atoms with Crippen molar-refractivity contribution in [3.05, 3.63) is 55.9 Å². The van der Waals surface area contributed by atoms with Crippen molar-refractivity contribution >= 4 is 39.1 Å². The molecule has 1 aliphatic rings. The van der Waals surface area contributed by atoms with E-state index in [4.69, 9.17) is 16.3 Å². The molecule has 27 heavy (non-hydrogen) atoms. The maximum absolute atomic E-state index is 13.5. The summed E-state index contributed by atoms with van der Waals surface area (Å²) in [6.45, 7) is 1.94. The zero-order valence-electron chi connectivity index (χ0n) is 15.0. The van der Waals surface area contributed by atoms with E-state index in [1.165, 1.54) is 27.2 Å². The largest absolute Gasteiger partial charge is 0.460 e. The van der Waals surface area contributed by atoms with Crippen molar-refractivity contribution in [1.29, 1.82) is 0 Å². The Morgan fingerprint density at radius 2 is 2.11 bits per heavy atom. The third-order valence-electron chi connectivity index (χ3n) is 4.76. The molecule has 0 amide bonds. The quantitative estimate of drug-likeness (QED) is 0.476. The smallest absolute Gasteiger partial charge is 0.375 e. The Labute approximate surface area is 165 Å². The topological polar surface area (TPSA) is 61.2 Å². The predicted octanol–water partition coefficient (Wildman–Crippen LogP) is 4.55. The zero-order chi connectivity index (χ0) is 19.0. The molecule has 1 aliphatic carbocycles. The van der Waals surface area contributed by atoms with E-state index in [0.717, 1.165) is 31.2 Å². The first-order valence-electron chi connectivity index (χ1n) is 9.10. The highest BCUT2D eigenvalue weighted by atomic mass is 35.5. The normalized spacial score (nSPS) is 14.0. The molecule has 0 saturated heterocycles. The van der Waals surface area contributed by atoms with Crippen molar-refractivity contribution in [3.8, 4) is 5.69 Å². The summed E-state index contributed by atoms with van der Waals surface area (Å²) in [7, 11) is 0. The fourth-order valence-corrected chi connectivity index (χ4v) is 5.01. The Bertz CT molecular complexity index is 1090. The van der Waals surface area contributed by atoms with Gasteiger partial charge >= 0.3 is 5.97 Å². The van der Waals surface area contributed by atoms with Crippen molar-refractivity contribution in [3.63, 3.8) is 0 Å². The molecule has 140 valence electrons. The number of fused-ring (bicyclic) bond motifs is 3. The van der Waals surface area contributed by atoms with Gasteiger partial charge in [-0.15, -0.1) is 11.3 Å². The Hall–Kier alpha value is -2.18. The first kappa shape index (κ1) is 18.2. The number of esters is 1. The SMILES string of the molecule is CCOC(=O)c1nc2sc3c(c2c(=O)n1-c1cccc(Cl)c1)CCCCC3. The van der Waals surface area contributed by atoms with Crippen molar-refractivity contribution in [2.24, 2.45) is 0 Å². The van der Waals surface area contributed by atoms with Crippen LogP contribution in [0.2, 0.25) is 5.02 Å². The van der Waals surface area contributed by atoms with Crippen molar-refractivity contribution in [1.82, 2.24) is 9.55 Å². The van der Waals surface area contributed by atoms with Gasteiger partial charge in [0.1, 0.15) is 4.83 Å². The Kier molecular flexibility index (Phi) is 5.02. The summed E-state index contributed by atoms with van der Waals surface area (Å²) < 4.78 is 6.49. The van der Waals surface area contributed by atoms with Crippen LogP contribution in [0.3, 0.4) is 0 Å². The monoisotopic (exact) mass is 402 g/mol. The summed E-state index contributed by atoms with van der Waals surface area (Å²) in [5.41, 5.74) is 1.37. The summed E-state index contributed by atoms with van der Waals surface area (Å²) in [5, 5.41) is 1.11. The van der Waals surface area contributed by atoms with E-state index in [0.29, 0.717) is 20.9 Å². The number of carbonyl (C=O) groups excluding carboxylic acids is 1. The van der Waals surface area contributed by atoms with Gasteiger partial charge in [0.25, 0.3) is 5.56 Å². The number of benzene rings is 1. The van der Waals surface area contributed by atoms with Crippen molar-refractivity contribution in [2.45, 2.75) is 39.0 Å². The van der Waals surface area contributed by atoms with Gasteiger partial charge in [-0.3, -0.25) is 9.36 Å². The number of nitrogens with zero attached hydrogens (tertiary/aromatic N) is 2. The minimum atomic E-state index is -0.611. The molecule has 0 radical (unpaired) electrons. The summed E-state index contributed by atoms with van der Waals surface area (Å²) >= 11 is 7.65. The van der Waals surface area contributed by atoms with E-state index in [-0.39, 0.29) is 18.0 Å². The molecule has 7 heteroatoms. The summed E-state index contributed by atoms with van der Waals surface area (Å²) in [6.07, 6.45) is 5.18. The van der Waals surface area contributed by atoms with Crippen LogP contribution >= 0.6 is 22.9 Å². The number of carbonyl (C=O) groups is 1. The zero-order valence-corrected chi connectivity index (χ0v) is 16.5. The van der Waals surface area contributed by atoms with Crippen LogP contribution in [0.25, 0.3) is 15.9 Å². The molecule has 2 aromatic heterocycles. The van der Waals surface area contributed by atoms with E-state index >= 15 is 0 Å². The maximum Gasteiger partial charge on any atom is 0.375 e. The number of hydrogen-bond donors (Lipinski definition) is 0. The molecule has 0 N–H and O–H groups in total. The van der Waals surface area contributed by atoms with Crippen LogP contribution in [0.5, 0.6) is 0 Å². The van der Waals surface area contributed by atoms with Crippen LogP contribution in [0.1, 0.15) is 47.2 Å². The number of thiophene rings is 1. The van der Waals surface area contributed by atoms with Gasteiger partial charge in [0.15, 0.2) is 0 Å². The van der Waals surface area contributed by atoms with Crippen LogP contribution in [0.15, 0.2) is 29.1 Å². The molecule has 0 saturated carbocycles. The van der Waals surface area contributed by atoms with Crippen LogP contribution in [-0.4, -0.2) is 22.1 Å². The molecule has 3 aromatic rings. The van der Waals surface area contributed by atoms with Crippen LogP contribution in [0.4, 0.5) is 0 Å². The molecule has 0 fully saturated rings. The molecule has 0 unspecified atom stereocenters. The predicted molar refractivity (Wildman–Crippen MR) is 107 cm³/mol. The lowest BCUT2D eigenvalue weighted by atomic mass is 10.1. The number of aryl methyl sites for hydroxylation is 2. The number of halogens is 1. The lowest BCUT2D eigenvalue weighted by Crippen LogP contribution is -2.27. The fourth-order valence-electron chi connectivity index (χ4n) is 3.57. The molecule has 0 bridgehead atoms. The van der Waals surface area contributed by atoms with Gasteiger partial charge in [0.05, 0.1) is 17.7 Å². The van der Waals surface area contributed by atoms with Gasteiger partial charge in [-0.25, -0.2) is 9.78 Å². The number of aromatic nitrogens is 2. The molecule has 1 aromatic carbocycles. The van der Waals surface area contributed by atoms with E-state index < -0.39 is 5.97 Å². The van der Waals surface area contributed by atoms with Crippen LogP contribution in [0, 0.1) is 0 Å². The molecule has 2 heterocycles. The van der Waals surface area contributed by atoms with Crippen LogP contribution < -0.4 is 5.56 Å². The van der Waals surface area contributed by atoms with Gasteiger partial charge in [0.2, 0.25) is 5.82 Å². The van der Waals surface area contributed by atoms with Gasteiger partial charge < -0.3 is 4.74 Å². The summed E-state index contributed by atoms with van der Waals surface area (Å²) in [6, 6.07) is 6.87. The molecular formula is C20H19ClN2O3S. The lowest BCUT2D eigenvalue weighted by molar-refractivity contribution is 0.0508. The molecule has 4 rings (SSSR count). The fraction of sp³-hybridized carbons (Fsp3) is 0.350. The van der Waals surface area contributed by atoms with E-state index in [9.17, 15) is 9.59 Å². The summed E-state index contributed by atoms with van der Waals surface area (Å²) in [5.74, 6) is -0.618. The van der Waals surface area contributed by atoms with Gasteiger partial charge in [-0.1, -0.05) is 24.1 Å². The van der Waals surface area contributed by atoms with Crippen molar-refractivity contribution in [2.75, 3.05) is 6.61 Å². The average Bonchev–Trinajstić information content (AvgIpc) is 2.83. The Morgan fingerprint density at radius 3 is 2.89 bits per heavy atom. The summed E-state index contributed by atoms with van der Waals surface area (Å²) in [4.78, 5) is 32.4. The Balaban J connectivity index is 2.04. The minimum Gasteiger partial charge on any atom is -0.460 e. The minimum absolute atomic E-state index is 0.00646. The highest BCUT2D eigenvalue weighted by Gasteiger charge is 2.25. The third kappa shape index (κ3) is 3.28. The first-order valence-corrected chi connectivity index (χ1v) is 10.3. The first-order chi connectivity index (χ1) is 13.1. The number of ether oxygens (including phenoxy) is 1. The maximum atomic E-state index is 13.5.